The molecule has 2 rings (SSSR count). The number of nitro groups is 1. The standard InChI is InChI=1S/C12H16FN3O2/c1-8-5-11(12(16(17)18)6-10(8)13)15-4-3-14-9(2)7-15/h5-6,9,14H,3-4,7H2,1-2H3/t9-/m1/s1. The Labute approximate surface area is 105 Å². The van der Waals surface area contributed by atoms with Crippen molar-refractivity contribution >= 4 is 11.4 Å². The van der Waals surface area contributed by atoms with Crippen LogP contribution in [0.15, 0.2) is 12.1 Å². The molecule has 0 radical (unpaired) electrons. The van der Waals surface area contributed by atoms with E-state index in [1.807, 2.05) is 11.8 Å². The molecule has 0 unspecified atom stereocenters. The Bertz CT molecular complexity index is 479. The second-order valence-electron chi connectivity index (χ2n) is 4.65. The molecule has 1 heterocycles. The van der Waals surface area contributed by atoms with Crippen LogP contribution in [0.25, 0.3) is 0 Å². The van der Waals surface area contributed by atoms with Gasteiger partial charge in [0.2, 0.25) is 0 Å². The van der Waals surface area contributed by atoms with E-state index in [2.05, 4.69) is 5.32 Å². The molecule has 0 amide bonds. The number of nitrogens with one attached hydrogen (secondary N) is 1. The number of hydrogen-bond donors (Lipinski definition) is 1. The molecule has 0 aliphatic carbocycles. The normalized spacial score (nSPS) is 19.9. The van der Waals surface area contributed by atoms with Gasteiger partial charge in [-0.3, -0.25) is 10.1 Å². The minimum Gasteiger partial charge on any atom is -0.363 e. The Kier molecular flexibility index (Phi) is 3.47. The first-order valence-corrected chi connectivity index (χ1v) is 5.92. The Hall–Kier alpha value is -1.69. The topological polar surface area (TPSA) is 58.4 Å². The summed E-state index contributed by atoms with van der Waals surface area (Å²) in [5, 5.41) is 14.3. The van der Waals surface area contributed by atoms with Gasteiger partial charge >= 0.3 is 0 Å². The molecule has 0 bridgehead atoms. The molecule has 98 valence electrons. The van der Waals surface area contributed by atoms with Crippen LogP contribution in [-0.4, -0.2) is 30.6 Å². The summed E-state index contributed by atoms with van der Waals surface area (Å²) < 4.78 is 13.4. The van der Waals surface area contributed by atoms with E-state index < -0.39 is 10.7 Å². The quantitative estimate of drug-likeness (QED) is 0.645. The van der Waals surface area contributed by atoms with Gasteiger partial charge in [-0.05, 0) is 25.5 Å². The molecule has 1 aromatic rings. The minimum atomic E-state index is -0.534. The van der Waals surface area contributed by atoms with Crippen LogP contribution < -0.4 is 10.2 Å². The van der Waals surface area contributed by atoms with Crippen molar-refractivity contribution in [2.24, 2.45) is 0 Å². The lowest BCUT2D eigenvalue weighted by Gasteiger charge is -2.33. The van der Waals surface area contributed by atoms with Crippen LogP contribution in [0, 0.1) is 22.9 Å². The maximum absolute atomic E-state index is 13.4. The van der Waals surface area contributed by atoms with Crippen molar-refractivity contribution in [1.82, 2.24) is 5.32 Å². The van der Waals surface area contributed by atoms with Gasteiger partial charge in [0.1, 0.15) is 11.5 Å². The van der Waals surface area contributed by atoms with E-state index in [4.69, 9.17) is 0 Å². The Morgan fingerprint density at radius 2 is 2.28 bits per heavy atom. The van der Waals surface area contributed by atoms with Crippen LogP contribution in [0.1, 0.15) is 12.5 Å². The van der Waals surface area contributed by atoms with Crippen LogP contribution in [0.5, 0.6) is 0 Å². The highest BCUT2D eigenvalue weighted by atomic mass is 19.1. The zero-order valence-corrected chi connectivity index (χ0v) is 10.4. The summed E-state index contributed by atoms with van der Waals surface area (Å²) in [6.07, 6.45) is 0. The van der Waals surface area contributed by atoms with Gasteiger partial charge in [-0.1, -0.05) is 0 Å². The molecule has 0 aromatic heterocycles. The fourth-order valence-electron chi connectivity index (χ4n) is 2.21. The summed E-state index contributed by atoms with van der Waals surface area (Å²) in [4.78, 5) is 12.4. The number of anilines is 1. The van der Waals surface area contributed by atoms with Crippen molar-refractivity contribution in [2.75, 3.05) is 24.5 Å². The number of aryl methyl sites for hydroxylation is 1. The number of benzene rings is 1. The highest BCUT2D eigenvalue weighted by Crippen LogP contribution is 2.31. The number of nitro benzene ring substituents is 1. The second-order valence-corrected chi connectivity index (χ2v) is 4.65. The van der Waals surface area contributed by atoms with Crippen LogP contribution in [0.2, 0.25) is 0 Å². The number of nitrogens with zero attached hydrogens (tertiary/aromatic N) is 2. The molecular weight excluding hydrogens is 237 g/mol. The maximum atomic E-state index is 13.4. The van der Waals surface area contributed by atoms with E-state index in [1.165, 1.54) is 0 Å². The average Bonchev–Trinajstić information content (AvgIpc) is 2.31. The molecule has 1 fully saturated rings. The van der Waals surface area contributed by atoms with Gasteiger partial charge in [-0.25, -0.2) is 4.39 Å². The number of halogens is 1. The third-order valence-corrected chi connectivity index (χ3v) is 3.16. The monoisotopic (exact) mass is 253 g/mol. The second kappa shape index (κ2) is 4.89. The third-order valence-electron chi connectivity index (χ3n) is 3.16. The summed E-state index contributed by atoms with van der Waals surface area (Å²) in [6.45, 7) is 5.79. The Balaban J connectivity index is 2.41. The Morgan fingerprint density at radius 1 is 1.56 bits per heavy atom. The molecule has 1 aromatic carbocycles. The lowest BCUT2D eigenvalue weighted by atomic mass is 10.1. The van der Waals surface area contributed by atoms with Crippen molar-refractivity contribution < 1.29 is 9.31 Å². The van der Waals surface area contributed by atoms with Crippen molar-refractivity contribution in [3.8, 4) is 0 Å². The molecule has 1 atom stereocenters. The largest absolute Gasteiger partial charge is 0.363 e. The first-order chi connectivity index (χ1) is 8.49. The SMILES string of the molecule is Cc1cc(N2CCN[C@H](C)C2)c([N+](=O)[O-])cc1F. The van der Waals surface area contributed by atoms with Crippen LogP contribution >= 0.6 is 0 Å². The Morgan fingerprint density at radius 3 is 2.89 bits per heavy atom. The van der Waals surface area contributed by atoms with E-state index in [0.29, 0.717) is 24.3 Å². The lowest BCUT2D eigenvalue weighted by molar-refractivity contribution is -0.384. The molecule has 5 nitrogen and oxygen atoms in total. The molecular formula is C12H16FN3O2. The van der Waals surface area contributed by atoms with E-state index in [0.717, 1.165) is 12.6 Å². The van der Waals surface area contributed by atoms with Gasteiger partial charge in [0.15, 0.2) is 0 Å². The van der Waals surface area contributed by atoms with Gasteiger partial charge in [0, 0.05) is 25.7 Å². The van der Waals surface area contributed by atoms with Crippen molar-refractivity contribution in [3.63, 3.8) is 0 Å². The van der Waals surface area contributed by atoms with E-state index in [-0.39, 0.29) is 11.7 Å². The predicted molar refractivity (Wildman–Crippen MR) is 67.5 cm³/mol. The number of hydrogen-bond acceptors (Lipinski definition) is 4. The van der Waals surface area contributed by atoms with Gasteiger partial charge in [0.05, 0.1) is 11.0 Å². The summed E-state index contributed by atoms with van der Waals surface area (Å²) >= 11 is 0. The van der Waals surface area contributed by atoms with Crippen LogP contribution in [0.4, 0.5) is 15.8 Å². The van der Waals surface area contributed by atoms with E-state index in [9.17, 15) is 14.5 Å². The summed E-state index contributed by atoms with van der Waals surface area (Å²) in [6, 6.07) is 2.84. The third kappa shape index (κ3) is 2.43. The van der Waals surface area contributed by atoms with Gasteiger partial charge in [-0.15, -0.1) is 0 Å². The van der Waals surface area contributed by atoms with Gasteiger partial charge in [-0.2, -0.15) is 0 Å². The van der Waals surface area contributed by atoms with Crippen LogP contribution in [0.3, 0.4) is 0 Å². The zero-order valence-electron chi connectivity index (χ0n) is 10.4. The minimum absolute atomic E-state index is 0.160. The van der Waals surface area contributed by atoms with Gasteiger partial charge in [0.25, 0.3) is 5.69 Å². The molecule has 1 aliphatic rings. The fourth-order valence-corrected chi connectivity index (χ4v) is 2.21. The van der Waals surface area contributed by atoms with Gasteiger partial charge < -0.3 is 10.2 Å². The smallest absolute Gasteiger partial charge is 0.295 e. The summed E-state index contributed by atoms with van der Waals surface area (Å²) in [5.41, 5.74) is 0.779. The molecule has 18 heavy (non-hydrogen) atoms. The molecule has 1 aliphatic heterocycles. The van der Waals surface area contributed by atoms with E-state index in [1.54, 1.807) is 13.0 Å². The molecule has 1 N–H and O–H groups in total. The molecule has 6 heteroatoms. The first kappa shape index (κ1) is 12.8. The van der Waals surface area contributed by atoms with Crippen molar-refractivity contribution in [3.05, 3.63) is 33.6 Å². The summed E-state index contributed by atoms with van der Waals surface area (Å²) in [7, 11) is 0. The van der Waals surface area contributed by atoms with Crippen molar-refractivity contribution in [2.45, 2.75) is 19.9 Å². The average molecular weight is 253 g/mol. The predicted octanol–water partition coefficient (Wildman–Crippen LogP) is 1.84. The highest BCUT2D eigenvalue weighted by Gasteiger charge is 2.24. The molecule has 1 saturated heterocycles. The zero-order chi connectivity index (χ0) is 13.3. The van der Waals surface area contributed by atoms with E-state index >= 15 is 0 Å². The lowest BCUT2D eigenvalue weighted by Crippen LogP contribution is -2.49. The first-order valence-electron chi connectivity index (χ1n) is 5.92. The van der Waals surface area contributed by atoms with Crippen molar-refractivity contribution in [1.29, 1.82) is 0 Å². The van der Waals surface area contributed by atoms with Crippen LogP contribution in [-0.2, 0) is 0 Å². The molecule has 0 saturated carbocycles. The highest BCUT2D eigenvalue weighted by molar-refractivity contribution is 5.65. The number of piperazine rings is 1. The summed E-state index contributed by atoms with van der Waals surface area (Å²) in [5.74, 6) is -0.534. The number of rotatable bonds is 2. The fraction of sp³-hybridized carbons (Fsp3) is 0.500. The molecule has 0 spiro atoms. The maximum Gasteiger partial charge on any atom is 0.295 e.